The summed E-state index contributed by atoms with van der Waals surface area (Å²) in [4.78, 5) is 28.0. The van der Waals surface area contributed by atoms with Crippen molar-refractivity contribution in [2.45, 2.75) is 25.7 Å². The van der Waals surface area contributed by atoms with Gasteiger partial charge in [-0.15, -0.1) is 0 Å². The summed E-state index contributed by atoms with van der Waals surface area (Å²) in [6, 6.07) is 2.98. The largest absolute Gasteiger partial charge is 0.355 e. The molecular weight excluding hydrogens is 328 g/mol. The van der Waals surface area contributed by atoms with E-state index in [4.69, 9.17) is 0 Å². The number of piperidine rings is 1. The topological polar surface area (TPSA) is 52.7 Å². The van der Waals surface area contributed by atoms with E-state index in [1.54, 1.807) is 0 Å². The number of likely N-dealkylation sites (tertiary alicyclic amines) is 1. The van der Waals surface area contributed by atoms with Crippen LogP contribution in [0.4, 0.5) is 14.5 Å². The lowest BCUT2D eigenvalue weighted by molar-refractivity contribution is -0.126. The second-order valence-electron chi connectivity index (χ2n) is 6.73. The third-order valence-corrected chi connectivity index (χ3v) is 4.83. The van der Waals surface area contributed by atoms with Crippen LogP contribution in [0, 0.1) is 17.6 Å². The number of anilines is 1. The number of nitrogens with zero attached hydrogens (tertiary/aromatic N) is 2. The Kier molecular flexibility index (Phi) is 5.63. The first-order valence-electron chi connectivity index (χ1n) is 8.79. The minimum atomic E-state index is -0.739. The highest BCUT2D eigenvalue weighted by Crippen LogP contribution is 2.26. The molecule has 2 aliphatic rings. The Morgan fingerprint density at radius 1 is 1.12 bits per heavy atom. The van der Waals surface area contributed by atoms with Crippen molar-refractivity contribution in [2.24, 2.45) is 5.92 Å². The molecule has 1 aromatic carbocycles. The molecule has 1 atom stereocenters. The Balaban J connectivity index is 1.51. The number of hydrogen-bond acceptors (Lipinski definition) is 3. The van der Waals surface area contributed by atoms with Crippen LogP contribution in [0.15, 0.2) is 18.2 Å². The molecule has 0 aliphatic carbocycles. The van der Waals surface area contributed by atoms with E-state index in [1.807, 2.05) is 0 Å². The highest BCUT2D eigenvalue weighted by atomic mass is 19.1. The van der Waals surface area contributed by atoms with Crippen molar-refractivity contribution < 1.29 is 18.4 Å². The summed E-state index contributed by atoms with van der Waals surface area (Å²) in [6.45, 7) is 3.65. The molecule has 1 aromatic rings. The molecule has 0 aromatic heterocycles. The van der Waals surface area contributed by atoms with Crippen LogP contribution < -0.4 is 10.2 Å². The zero-order valence-electron chi connectivity index (χ0n) is 14.1. The molecule has 0 radical (unpaired) electrons. The first kappa shape index (κ1) is 17.8. The second-order valence-corrected chi connectivity index (χ2v) is 6.73. The molecule has 1 unspecified atom stereocenters. The molecule has 7 heteroatoms. The zero-order valence-corrected chi connectivity index (χ0v) is 14.1. The number of amides is 2. The minimum Gasteiger partial charge on any atom is -0.355 e. The third-order valence-electron chi connectivity index (χ3n) is 4.83. The Morgan fingerprint density at radius 3 is 2.48 bits per heavy atom. The predicted octanol–water partition coefficient (Wildman–Crippen LogP) is 1.92. The van der Waals surface area contributed by atoms with E-state index < -0.39 is 17.6 Å². The Labute approximate surface area is 146 Å². The van der Waals surface area contributed by atoms with Gasteiger partial charge in [-0.3, -0.25) is 9.59 Å². The molecule has 3 rings (SSSR count). The molecule has 2 saturated heterocycles. The molecule has 136 valence electrons. The van der Waals surface area contributed by atoms with Crippen LogP contribution in [0.3, 0.4) is 0 Å². The number of benzene rings is 1. The van der Waals surface area contributed by atoms with Gasteiger partial charge in [-0.25, -0.2) is 8.78 Å². The Bertz CT molecular complexity index is 627. The van der Waals surface area contributed by atoms with Crippen molar-refractivity contribution in [3.8, 4) is 0 Å². The number of rotatable bonds is 5. The number of carbonyl (C=O) groups is 2. The highest BCUT2D eigenvalue weighted by molar-refractivity contribution is 6.00. The van der Waals surface area contributed by atoms with E-state index in [2.05, 4.69) is 10.2 Å². The van der Waals surface area contributed by atoms with Gasteiger partial charge in [-0.2, -0.15) is 0 Å². The smallest absolute Gasteiger partial charge is 0.227 e. The van der Waals surface area contributed by atoms with Gasteiger partial charge in [0.25, 0.3) is 0 Å². The van der Waals surface area contributed by atoms with Crippen LogP contribution in [0.25, 0.3) is 0 Å². The molecule has 0 spiro atoms. The summed E-state index contributed by atoms with van der Waals surface area (Å²) in [5.41, 5.74) is 0.158. The van der Waals surface area contributed by atoms with Crippen LogP contribution in [0.5, 0.6) is 0 Å². The maximum Gasteiger partial charge on any atom is 0.227 e. The van der Waals surface area contributed by atoms with E-state index in [0.29, 0.717) is 6.54 Å². The normalized spacial score (nSPS) is 21.6. The van der Waals surface area contributed by atoms with Crippen molar-refractivity contribution in [2.75, 3.05) is 37.6 Å². The van der Waals surface area contributed by atoms with Gasteiger partial charge in [0.05, 0.1) is 5.92 Å². The number of nitrogens with one attached hydrogen (secondary N) is 1. The fraction of sp³-hybridized carbons (Fsp3) is 0.556. The molecule has 5 nitrogen and oxygen atoms in total. The van der Waals surface area contributed by atoms with E-state index >= 15 is 0 Å². The molecule has 25 heavy (non-hydrogen) atoms. The summed E-state index contributed by atoms with van der Waals surface area (Å²) >= 11 is 0. The van der Waals surface area contributed by atoms with E-state index in [1.165, 1.54) is 24.2 Å². The maximum absolute atomic E-state index is 13.3. The van der Waals surface area contributed by atoms with E-state index in [9.17, 15) is 18.4 Å². The molecule has 2 amide bonds. The van der Waals surface area contributed by atoms with Crippen LogP contribution in [0.1, 0.15) is 25.7 Å². The van der Waals surface area contributed by atoms with Crippen LogP contribution >= 0.6 is 0 Å². The van der Waals surface area contributed by atoms with Gasteiger partial charge in [0.15, 0.2) is 0 Å². The summed E-state index contributed by atoms with van der Waals surface area (Å²) in [5, 5.41) is 2.88. The Morgan fingerprint density at radius 2 is 1.80 bits per heavy atom. The minimum absolute atomic E-state index is 0.0632. The van der Waals surface area contributed by atoms with Crippen molar-refractivity contribution in [3.05, 3.63) is 29.8 Å². The summed E-state index contributed by atoms with van der Waals surface area (Å²) in [7, 11) is 0. The molecule has 2 heterocycles. The second kappa shape index (κ2) is 7.91. The van der Waals surface area contributed by atoms with E-state index in [0.717, 1.165) is 37.8 Å². The predicted molar refractivity (Wildman–Crippen MR) is 90.1 cm³/mol. The third kappa shape index (κ3) is 4.54. The molecular formula is C18H23F2N3O2. The quantitative estimate of drug-likeness (QED) is 0.882. The summed E-state index contributed by atoms with van der Waals surface area (Å²) < 4.78 is 26.7. The number of carbonyl (C=O) groups excluding carboxylic acids is 2. The van der Waals surface area contributed by atoms with Gasteiger partial charge in [0.2, 0.25) is 11.8 Å². The molecule has 2 fully saturated rings. The van der Waals surface area contributed by atoms with Gasteiger partial charge < -0.3 is 15.1 Å². The lowest BCUT2D eigenvalue weighted by Crippen LogP contribution is -2.40. The van der Waals surface area contributed by atoms with Crippen LogP contribution in [-0.4, -0.2) is 49.4 Å². The first-order valence-corrected chi connectivity index (χ1v) is 8.79. The standard InChI is InChI=1S/C18H23F2N3O2/c19-14-9-15(20)11-16(10-14)23-12-13(8-17(23)24)18(25)21-4-7-22-5-2-1-3-6-22/h9-11,13H,1-8,12H2,(H,21,25). The van der Waals surface area contributed by atoms with Gasteiger partial charge in [0, 0.05) is 37.8 Å². The first-order chi connectivity index (χ1) is 12.0. The number of hydrogen-bond donors (Lipinski definition) is 1. The fourth-order valence-electron chi connectivity index (χ4n) is 3.49. The average molecular weight is 351 g/mol. The van der Waals surface area contributed by atoms with E-state index in [-0.39, 0.29) is 30.5 Å². The van der Waals surface area contributed by atoms with Crippen LogP contribution in [0.2, 0.25) is 0 Å². The SMILES string of the molecule is O=C(NCCN1CCCCC1)C1CC(=O)N(c2cc(F)cc(F)c2)C1. The fourth-order valence-corrected chi connectivity index (χ4v) is 3.49. The lowest BCUT2D eigenvalue weighted by Gasteiger charge is -2.26. The van der Waals surface area contributed by atoms with Gasteiger partial charge in [0.1, 0.15) is 11.6 Å². The van der Waals surface area contributed by atoms with Crippen molar-refractivity contribution in [1.29, 1.82) is 0 Å². The maximum atomic E-state index is 13.3. The Hall–Kier alpha value is -2.02. The van der Waals surface area contributed by atoms with Gasteiger partial charge in [-0.05, 0) is 38.1 Å². The summed E-state index contributed by atoms with van der Waals surface area (Å²) in [6.07, 6.45) is 3.73. The summed E-state index contributed by atoms with van der Waals surface area (Å²) in [5.74, 6) is -2.43. The lowest BCUT2D eigenvalue weighted by atomic mass is 10.1. The molecule has 1 N–H and O–H groups in total. The molecule has 2 aliphatic heterocycles. The van der Waals surface area contributed by atoms with Crippen molar-refractivity contribution in [1.82, 2.24) is 10.2 Å². The highest BCUT2D eigenvalue weighted by Gasteiger charge is 2.35. The monoisotopic (exact) mass is 351 g/mol. The van der Waals surface area contributed by atoms with Crippen molar-refractivity contribution in [3.63, 3.8) is 0 Å². The number of halogens is 2. The molecule has 0 bridgehead atoms. The van der Waals surface area contributed by atoms with Gasteiger partial charge >= 0.3 is 0 Å². The van der Waals surface area contributed by atoms with Gasteiger partial charge in [-0.1, -0.05) is 6.42 Å². The van der Waals surface area contributed by atoms with Crippen LogP contribution in [-0.2, 0) is 9.59 Å². The van der Waals surface area contributed by atoms with Crippen molar-refractivity contribution >= 4 is 17.5 Å². The molecule has 0 saturated carbocycles. The average Bonchev–Trinajstić information content (AvgIpc) is 2.97. The zero-order chi connectivity index (χ0) is 17.8.